The molecule has 1 aromatic carbocycles. The quantitative estimate of drug-likeness (QED) is 0.694. The summed E-state index contributed by atoms with van der Waals surface area (Å²) in [5.41, 5.74) is 1.78. The van der Waals surface area contributed by atoms with Crippen LogP contribution in [0.15, 0.2) is 42.7 Å². The lowest BCUT2D eigenvalue weighted by Crippen LogP contribution is -2.43. The molecule has 0 saturated carbocycles. The van der Waals surface area contributed by atoms with E-state index in [-0.39, 0.29) is 0 Å². The number of ether oxygens (including phenoxy) is 1. The highest BCUT2D eigenvalue weighted by molar-refractivity contribution is 6.62. The van der Waals surface area contributed by atoms with Crippen molar-refractivity contribution < 1.29 is 18.8 Å². The van der Waals surface area contributed by atoms with E-state index >= 15 is 0 Å². The number of rotatable bonds is 4. The number of carbonyl (C=O) groups is 1. The zero-order valence-electron chi connectivity index (χ0n) is 20.7. The first-order valence-electron chi connectivity index (χ1n) is 11.0. The van der Waals surface area contributed by atoms with E-state index in [2.05, 4.69) is 16.4 Å². The lowest BCUT2D eigenvalue weighted by Gasteiger charge is -2.32. The van der Waals surface area contributed by atoms with Gasteiger partial charge in [0.15, 0.2) is 0 Å². The Labute approximate surface area is 192 Å². The molecule has 1 aliphatic heterocycles. The molecule has 1 N–H and O–H groups in total. The van der Waals surface area contributed by atoms with Crippen LogP contribution >= 0.6 is 0 Å². The van der Waals surface area contributed by atoms with Gasteiger partial charge in [-0.15, -0.1) is 0 Å². The van der Waals surface area contributed by atoms with Crippen LogP contribution in [0.5, 0.6) is 0 Å². The van der Waals surface area contributed by atoms with E-state index in [1.807, 2.05) is 92.8 Å². The highest BCUT2D eigenvalue weighted by Gasteiger charge is 2.51. The average Bonchev–Trinajstić information content (AvgIpc) is 2.87. The fourth-order valence-electron chi connectivity index (χ4n) is 3.44. The van der Waals surface area contributed by atoms with Crippen LogP contribution in [0.4, 0.5) is 4.79 Å². The fourth-order valence-corrected chi connectivity index (χ4v) is 3.44. The summed E-state index contributed by atoms with van der Waals surface area (Å²) in [4.78, 5) is 16.8. The van der Waals surface area contributed by atoms with Gasteiger partial charge < -0.3 is 19.4 Å². The van der Waals surface area contributed by atoms with Crippen molar-refractivity contribution in [2.75, 3.05) is 0 Å². The predicted octanol–water partition coefficient (Wildman–Crippen LogP) is 4.81. The first kappa shape index (κ1) is 24.3. The minimum Gasteiger partial charge on any atom is -0.444 e. The summed E-state index contributed by atoms with van der Waals surface area (Å²) in [5, 5.41) is 2.97. The molecule has 0 atom stereocenters. The van der Waals surface area contributed by atoms with Crippen LogP contribution in [0.2, 0.25) is 0 Å². The lowest BCUT2D eigenvalue weighted by atomic mass is 9.79. The first-order chi connectivity index (χ1) is 14.6. The molecule has 1 aliphatic rings. The Bertz CT molecular complexity index is 979. The summed E-state index contributed by atoms with van der Waals surface area (Å²) in [6, 6.07) is 10.1. The van der Waals surface area contributed by atoms with Gasteiger partial charge in [-0.05, 0) is 85.1 Å². The van der Waals surface area contributed by atoms with Gasteiger partial charge in [0.1, 0.15) is 5.60 Å². The summed E-state index contributed by atoms with van der Waals surface area (Å²) in [5.74, 6) is 0. The number of hydrogen-bond acceptors (Lipinski definition) is 5. The van der Waals surface area contributed by atoms with E-state index in [9.17, 15) is 4.79 Å². The number of hydrogen-bond donors (Lipinski definition) is 1. The Hall–Kier alpha value is -2.38. The lowest BCUT2D eigenvalue weighted by molar-refractivity contribution is 0.00578. The smallest absolute Gasteiger partial charge is 0.444 e. The molecule has 7 heteroatoms. The molecule has 1 fully saturated rings. The number of aromatic nitrogens is 1. The third-order valence-electron chi connectivity index (χ3n) is 6.02. The molecular weight excluding hydrogens is 403 g/mol. The Balaban J connectivity index is 1.84. The molecule has 0 radical (unpaired) electrons. The second kappa shape index (κ2) is 8.20. The molecule has 32 heavy (non-hydrogen) atoms. The Kier molecular flexibility index (Phi) is 6.22. The molecule has 1 amide bonds. The van der Waals surface area contributed by atoms with E-state index in [4.69, 9.17) is 14.0 Å². The maximum atomic E-state index is 12.3. The number of alkyl carbamates (subject to hydrolysis) is 1. The molecule has 0 spiro atoms. The third-order valence-corrected chi connectivity index (χ3v) is 6.02. The molecule has 1 aromatic heterocycles. The van der Waals surface area contributed by atoms with Crippen LogP contribution < -0.4 is 10.8 Å². The highest BCUT2D eigenvalue weighted by Crippen LogP contribution is 2.36. The number of nitrogens with one attached hydrogen (secondary N) is 1. The van der Waals surface area contributed by atoms with Crippen LogP contribution in [-0.2, 0) is 19.6 Å². The summed E-state index contributed by atoms with van der Waals surface area (Å²) in [6.45, 7) is 17.6. The van der Waals surface area contributed by atoms with Gasteiger partial charge in [-0.25, -0.2) is 4.79 Å². The van der Waals surface area contributed by atoms with Crippen molar-refractivity contribution in [1.82, 2.24) is 10.3 Å². The van der Waals surface area contributed by atoms with Crippen LogP contribution in [0.1, 0.15) is 67.9 Å². The monoisotopic (exact) mass is 438 g/mol. The van der Waals surface area contributed by atoms with Crippen molar-refractivity contribution in [1.29, 1.82) is 0 Å². The molecule has 1 saturated heterocycles. The first-order valence-corrected chi connectivity index (χ1v) is 11.0. The summed E-state index contributed by atoms with van der Waals surface area (Å²) < 4.78 is 17.8. The van der Waals surface area contributed by atoms with Crippen LogP contribution in [0.3, 0.4) is 0 Å². The normalized spacial score (nSPS) is 17.8. The van der Waals surface area contributed by atoms with Gasteiger partial charge in [-0.2, -0.15) is 0 Å². The summed E-state index contributed by atoms with van der Waals surface area (Å²) in [6.07, 6.45) is 3.16. The summed E-state index contributed by atoms with van der Waals surface area (Å²) in [7, 11) is -0.471. The Morgan fingerprint density at radius 1 is 0.969 bits per heavy atom. The number of pyridine rings is 1. The molecule has 2 aromatic rings. The minimum atomic E-state index is -0.616. The van der Waals surface area contributed by atoms with Gasteiger partial charge in [-0.3, -0.25) is 4.98 Å². The average molecular weight is 438 g/mol. The molecule has 172 valence electrons. The van der Waals surface area contributed by atoms with E-state index < -0.39 is 35.6 Å². The van der Waals surface area contributed by atoms with Crippen molar-refractivity contribution in [3.63, 3.8) is 0 Å². The van der Waals surface area contributed by atoms with E-state index in [0.29, 0.717) is 0 Å². The Morgan fingerprint density at radius 3 is 2.19 bits per heavy atom. The van der Waals surface area contributed by atoms with Gasteiger partial charge >= 0.3 is 13.2 Å². The molecule has 2 heterocycles. The van der Waals surface area contributed by atoms with E-state index in [1.165, 1.54) is 0 Å². The topological polar surface area (TPSA) is 69.7 Å². The van der Waals surface area contributed by atoms with E-state index in [0.717, 1.165) is 22.2 Å². The van der Waals surface area contributed by atoms with Crippen LogP contribution in [-0.4, -0.2) is 35.0 Å². The maximum absolute atomic E-state index is 12.3. The Morgan fingerprint density at radius 2 is 1.59 bits per heavy atom. The second-order valence-electron chi connectivity index (χ2n) is 10.9. The number of nitrogens with zero attached hydrogens (tertiary/aromatic N) is 1. The summed E-state index contributed by atoms with van der Waals surface area (Å²) >= 11 is 0. The van der Waals surface area contributed by atoms with Crippen molar-refractivity contribution in [3.8, 4) is 11.1 Å². The largest absolute Gasteiger partial charge is 0.496 e. The van der Waals surface area contributed by atoms with Gasteiger partial charge in [-0.1, -0.05) is 24.3 Å². The fraction of sp³-hybridized carbons (Fsp3) is 0.520. The number of amides is 1. The van der Waals surface area contributed by atoms with Crippen molar-refractivity contribution in [2.45, 2.75) is 84.7 Å². The standard InChI is InChI=1S/C25H35BN2O4/c1-22(2,3)30-21(29)28-23(4,5)19-12-10-11-17(13-19)18-14-20(16-27-15-18)26-31-24(6,7)25(8,9)32-26/h10-16H,1-9H3,(H,28,29). The SMILES string of the molecule is CC(C)(C)OC(=O)NC(C)(C)c1cccc(-c2cncc(B3OC(C)(C)C(C)(C)O3)c2)c1. The highest BCUT2D eigenvalue weighted by atomic mass is 16.7. The second-order valence-corrected chi connectivity index (χ2v) is 10.9. The van der Waals surface area contributed by atoms with Crippen molar-refractivity contribution >= 4 is 18.7 Å². The molecule has 3 rings (SSSR count). The minimum absolute atomic E-state index is 0.412. The van der Waals surface area contributed by atoms with Gasteiger partial charge in [0.2, 0.25) is 0 Å². The van der Waals surface area contributed by atoms with Crippen LogP contribution in [0.25, 0.3) is 11.1 Å². The van der Waals surface area contributed by atoms with Gasteiger partial charge in [0, 0.05) is 17.9 Å². The number of carbonyl (C=O) groups excluding carboxylic acids is 1. The molecule has 0 unspecified atom stereocenters. The maximum Gasteiger partial charge on any atom is 0.496 e. The van der Waals surface area contributed by atoms with Gasteiger partial charge in [0.05, 0.1) is 16.7 Å². The molecule has 0 aliphatic carbocycles. The third kappa shape index (κ3) is 5.33. The molecule has 0 bridgehead atoms. The zero-order valence-corrected chi connectivity index (χ0v) is 20.7. The van der Waals surface area contributed by atoms with E-state index in [1.54, 1.807) is 6.20 Å². The van der Waals surface area contributed by atoms with Crippen molar-refractivity contribution in [2.24, 2.45) is 0 Å². The van der Waals surface area contributed by atoms with Crippen molar-refractivity contribution in [3.05, 3.63) is 48.3 Å². The van der Waals surface area contributed by atoms with Crippen LogP contribution in [0, 0.1) is 0 Å². The zero-order chi connectivity index (χ0) is 23.9. The predicted molar refractivity (Wildman–Crippen MR) is 128 cm³/mol. The molecule has 6 nitrogen and oxygen atoms in total. The molecular formula is C25H35BN2O4. The van der Waals surface area contributed by atoms with Gasteiger partial charge in [0.25, 0.3) is 0 Å². The number of benzene rings is 1.